The third-order valence-corrected chi connectivity index (χ3v) is 4.69. The van der Waals surface area contributed by atoms with Gasteiger partial charge in [-0.1, -0.05) is 18.2 Å². The molecule has 0 N–H and O–H groups in total. The maximum absolute atomic E-state index is 13.1. The van der Waals surface area contributed by atoms with Gasteiger partial charge in [-0.15, -0.1) is 0 Å². The SMILES string of the molecule is CN(C)C(=O)C1CCCN1CC(=O)N(Cc1ccco1)c1ccccc1. The first-order valence-corrected chi connectivity index (χ1v) is 8.89. The highest BCUT2D eigenvalue weighted by atomic mass is 16.3. The van der Waals surface area contributed by atoms with E-state index in [0.717, 1.165) is 30.8 Å². The summed E-state index contributed by atoms with van der Waals surface area (Å²) in [4.78, 5) is 30.8. The van der Waals surface area contributed by atoms with Crippen LogP contribution in [0.25, 0.3) is 0 Å². The first-order valence-electron chi connectivity index (χ1n) is 8.89. The van der Waals surface area contributed by atoms with Crippen LogP contribution in [-0.4, -0.2) is 54.8 Å². The fourth-order valence-corrected chi connectivity index (χ4v) is 3.34. The van der Waals surface area contributed by atoms with Gasteiger partial charge in [0.25, 0.3) is 0 Å². The van der Waals surface area contributed by atoms with Crippen LogP contribution >= 0.6 is 0 Å². The summed E-state index contributed by atoms with van der Waals surface area (Å²) in [7, 11) is 3.52. The molecule has 1 aromatic heterocycles. The van der Waals surface area contributed by atoms with Crippen LogP contribution in [0.1, 0.15) is 18.6 Å². The number of amides is 2. The quantitative estimate of drug-likeness (QED) is 0.798. The van der Waals surface area contributed by atoms with Gasteiger partial charge in [0.1, 0.15) is 5.76 Å². The summed E-state index contributed by atoms with van der Waals surface area (Å²) >= 11 is 0. The van der Waals surface area contributed by atoms with Gasteiger partial charge in [0, 0.05) is 19.8 Å². The van der Waals surface area contributed by atoms with Crippen molar-refractivity contribution in [3.8, 4) is 0 Å². The normalized spacial score (nSPS) is 17.2. The summed E-state index contributed by atoms with van der Waals surface area (Å²) in [5.74, 6) is 0.753. The maximum atomic E-state index is 13.1. The number of likely N-dealkylation sites (N-methyl/N-ethyl adjacent to an activating group) is 1. The molecule has 2 amide bonds. The van der Waals surface area contributed by atoms with E-state index in [4.69, 9.17) is 4.42 Å². The van der Waals surface area contributed by atoms with Crippen molar-refractivity contribution in [3.05, 3.63) is 54.5 Å². The standard InChI is InChI=1S/C20H25N3O3/c1-21(2)20(25)18-11-6-12-22(18)15-19(24)23(14-17-10-7-13-26-17)16-8-4-3-5-9-16/h3-5,7-10,13,18H,6,11-12,14-15H2,1-2H3. The van der Waals surface area contributed by atoms with E-state index in [1.54, 1.807) is 30.2 Å². The van der Waals surface area contributed by atoms with E-state index >= 15 is 0 Å². The van der Waals surface area contributed by atoms with Gasteiger partial charge in [-0.3, -0.25) is 14.5 Å². The second kappa shape index (κ2) is 8.19. The van der Waals surface area contributed by atoms with Crippen LogP contribution in [0.3, 0.4) is 0 Å². The molecule has 1 aliphatic heterocycles. The lowest BCUT2D eigenvalue weighted by molar-refractivity contribution is -0.134. The topological polar surface area (TPSA) is 57.0 Å². The zero-order valence-corrected chi connectivity index (χ0v) is 15.3. The Morgan fingerprint density at radius 3 is 2.58 bits per heavy atom. The Hall–Kier alpha value is -2.60. The van der Waals surface area contributed by atoms with Crippen LogP contribution in [0.5, 0.6) is 0 Å². The number of nitrogens with zero attached hydrogens (tertiary/aromatic N) is 3. The molecule has 6 heteroatoms. The number of furan rings is 1. The zero-order chi connectivity index (χ0) is 18.5. The molecular formula is C20H25N3O3. The molecule has 1 aliphatic rings. The zero-order valence-electron chi connectivity index (χ0n) is 15.3. The van der Waals surface area contributed by atoms with Crippen LogP contribution in [0, 0.1) is 0 Å². The number of hydrogen-bond acceptors (Lipinski definition) is 4. The summed E-state index contributed by atoms with van der Waals surface area (Å²) in [6, 6.07) is 13.0. The summed E-state index contributed by atoms with van der Waals surface area (Å²) in [5.41, 5.74) is 0.823. The van der Waals surface area contributed by atoms with E-state index in [-0.39, 0.29) is 24.4 Å². The van der Waals surface area contributed by atoms with Crippen molar-refractivity contribution in [3.63, 3.8) is 0 Å². The molecule has 1 aromatic carbocycles. The number of hydrogen-bond donors (Lipinski definition) is 0. The lowest BCUT2D eigenvalue weighted by Crippen LogP contribution is -2.47. The highest BCUT2D eigenvalue weighted by Gasteiger charge is 2.34. The molecule has 0 aliphatic carbocycles. The van der Waals surface area contributed by atoms with Gasteiger partial charge in [0.05, 0.1) is 25.4 Å². The minimum Gasteiger partial charge on any atom is -0.467 e. The molecule has 0 bridgehead atoms. The average molecular weight is 355 g/mol. The lowest BCUT2D eigenvalue weighted by Gasteiger charge is -2.29. The van der Waals surface area contributed by atoms with E-state index in [1.165, 1.54) is 0 Å². The van der Waals surface area contributed by atoms with Crippen molar-refractivity contribution in [2.45, 2.75) is 25.4 Å². The van der Waals surface area contributed by atoms with Gasteiger partial charge in [-0.25, -0.2) is 0 Å². The van der Waals surface area contributed by atoms with Gasteiger partial charge in [0.2, 0.25) is 11.8 Å². The molecule has 1 fully saturated rings. The molecule has 1 atom stereocenters. The number of likely N-dealkylation sites (tertiary alicyclic amines) is 1. The highest BCUT2D eigenvalue weighted by Crippen LogP contribution is 2.22. The van der Waals surface area contributed by atoms with Crippen molar-refractivity contribution in [2.75, 3.05) is 32.1 Å². The summed E-state index contributed by atoms with van der Waals surface area (Å²) in [5, 5.41) is 0. The predicted molar refractivity (Wildman–Crippen MR) is 99.6 cm³/mol. The Morgan fingerprint density at radius 1 is 1.15 bits per heavy atom. The second-order valence-corrected chi connectivity index (χ2v) is 6.76. The van der Waals surface area contributed by atoms with E-state index in [1.807, 2.05) is 47.4 Å². The molecular weight excluding hydrogens is 330 g/mol. The third-order valence-electron chi connectivity index (χ3n) is 4.69. The highest BCUT2D eigenvalue weighted by molar-refractivity contribution is 5.95. The molecule has 0 spiro atoms. The van der Waals surface area contributed by atoms with Crippen LogP contribution in [0.2, 0.25) is 0 Å². The Kier molecular flexibility index (Phi) is 5.73. The second-order valence-electron chi connectivity index (χ2n) is 6.76. The summed E-state index contributed by atoms with van der Waals surface area (Å²) in [6.45, 7) is 1.36. The van der Waals surface area contributed by atoms with Crippen LogP contribution in [0.15, 0.2) is 53.1 Å². The Morgan fingerprint density at radius 2 is 1.92 bits per heavy atom. The van der Waals surface area contributed by atoms with Gasteiger partial charge in [-0.05, 0) is 43.7 Å². The van der Waals surface area contributed by atoms with Gasteiger partial charge >= 0.3 is 0 Å². The molecule has 0 saturated carbocycles. The minimum absolute atomic E-state index is 0.0361. The number of carbonyl (C=O) groups excluding carboxylic acids is 2. The number of anilines is 1. The van der Waals surface area contributed by atoms with Crippen LogP contribution < -0.4 is 4.90 Å². The van der Waals surface area contributed by atoms with Crippen LogP contribution in [-0.2, 0) is 16.1 Å². The Labute approximate surface area is 154 Å². The molecule has 26 heavy (non-hydrogen) atoms. The monoisotopic (exact) mass is 355 g/mol. The fraction of sp³-hybridized carbons (Fsp3) is 0.400. The number of rotatable bonds is 6. The summed E-state index contributed by atoms with van der Waals surface area (Å²) < 4.78 is 5.43. The fourth-order valence-electron chi connectivity index (χ4n) is 3.34. The largest absolute Gasteiger partial charge is 0.467 e. The van der Waals surface area contributed by atoms with E-state index < -0.39 is 0 Å². The molecule has 138 valence electrons. The average Bonchev–Trinajstić information content (AvgIpc) is 3.31. The van der Waals surface area contributed by atoms with Crippen LogP contribution in [0.4, 0.5) is 5.69 Å². The van der Waals surface area contributed by atoms with Gasteiger partial charge < -0.3 is 14.2 Å². The minimum atomic E-state index is -0.213. The number of benzene rings is 1. The first-order chi connectivity index (χ1) is 12.6. The van der Waals surface area contributed by atoms with Crippen molar-refractivity contribution < 1.29 is 14.0 Å². The lowest BCUT2D eigenvalue weighted by atomic mass is 10.2. The van der Waals surface area contributed by atoms with Crippen molar-refractivity contribution in [1.29, 1.82) is 0 Å². The van der Waals surface area contributed by atoms with Crippen molar-refractivity contribution in [1.82, 2.24) is 9.80 Å². The number of para-hydroxylation sites is 1. The molecule has 2 heterocycles. The predicted octanol–water partition coefficient (Wildman–Crippen LogP) is 2.37. The Balaban J connectivity index is 1.76. The Bertz CT molecular complexity index is 728. The third kappa shape index (κ3) is 4.14. The molecule has 1 unspecified atom stereocenters. The smallest absolute Gasteiger partial charge is 0.241 e. The van der Waals surface area contributed by atoms with E-state index in [0.29, 0.717) is 6.54 Å². The molecule has 3 rings (SSSR count). The van der Waals surface area contributed by atoms with Crippen molar-refractivity contribution >= 4 is 17.5 Å². The molecule has 2 aromatic rings. The van der Waals surface area contributed by atoms with Crippen molar-refractivity contribution in [2.24, 2.45) is 0 Å². The molecule has 0 radical (unpaired) electrons. The van der Waals surface area contributed by atoms with Gasteiger partial charge in [-0.2, -0.15) is 0 Å². The van der Waals surface area contributed by atoms with E-state index in [9.17, 15) is 9.59 Å². The maximum Gasteiger partial charge on any atom is 0.241 e. The molecule has 6 nitrogen and oxygen atoms in total. The van der Waals surface area contributed by atoms with Gasteiger partial charge in [0.15, 0.2) is 0 Å². The number of carbonyl (C=O) groups is 2. The summed E-state index contributed by atoms with van der Waals surface area (Å²) in [6.07, 6.45) is 3.34. The van der Waals surface area contributed by atoms with E-state index in [2.05, 4.69) is 0 Å². The molecule has 1 saturated heterocycles. The first kappa shape index (κ1) is 18.2.